The van der Waals surface area contributed by atoms with Gasteiger partial charge in [-0.05, 0) is 66.1 Å². The molecule has 0 bridgehead atoms. The molecule has 0 radical (unpaired) electrons. The first-order valence-electron chi connectivity index (χ1n) is 8.22. The Labute approximate surface area is 148 Å². The van der Waals surface area contributed by atoms with Crippen molar-refractivity contribution in [1.29, 1.82) is 0 Å². The Hall–Kier alpha value is -2.62. The number of carbonyl (C=O) groups excluding carboxylic acids is 1. The van der Waals surface area contributed by atoms with Crippen LogP contribution in [0.3, 0.4) is 0 Å². The molecule has 0 aliphatic heterocycles. The van der Waals surface area contributed by atoms with Gasteiger partial charge in [0.25, 0.3) is 0 Å². The van der Waals surface area contributed by atoms with Gasteiger partial charge in [0.2, 0.25) is 0 Å². The fraction of sp³-hybridized carbons (Fsp3) is 0.333. The lowest BCUT2D eigenvalue weighted by molar-refractivity contribution is 0.0599. The van der Waals surface area contributed by atoms with E-state index in [-0.39, 0.29) is 11.4 Å². The minimum absolute atomic E-state index is 0.0375. The standard InChI is InChI=1S/C21H24O4/c1-14-5-8-17(20(24)25-4)11-18(14)13-21(2,3)12-15-6-9-16(10-7-15)19(22)23/h5-11H,12-13H2,1-4H3,(H,22,23). The molecular formula is C21H24O4. The number of rotatable bonds is 6. The zero-order chi connectivity index (χ0) is 18.6. The molecule has 0 aliphatic rings. The van der Waals surface area contributed by atoms with Gasteiger partial charge in [0, 0.05) is 0 Å². The Bertz CT molecular complexity index is 773. The van der Waals surface area contributed by atoms with E-state index in [1.807, 2.05) is 31.2 Å². The first-order chi connectivity index (χ1) is 11.7. The molecule has 1 N–H and O–H groups in total. The van der Waals surface area contributed by atoms with Crippen molar-refractivity contribution in [3.63, 3.8) is 0 Å². The zero-order valence-electron chi connectivity index (χ0n) is 15.1. The van der Waals surface area contributed by atoms with Gasteiger partial charge in [-0.1, -0.05) is 32.0 Å². The summed E-state index contributed by atoms with van der Waals surface area (Å²) in [6.07, 6.45) is 1.62. The third-order valence-electron chi connectivity index (χ3n) is 4.32. The van der Waals surface area contributed by atoms with Crippen LogP contribution in [-0.4, -0.2) is 24.2 Å². The quantitative estimate of drug-likeness (QED) is 0.797. The highest BCUT2D eigenvalue weighted by Crippen LogP contribution is 2.29. The molecular weight excluding hydrogens is 316 g/mol. The fourth-order valence-corrected chi connectivity index (χ4v) is 3.00. The summed E-state index contributed by atoms with van der Waals surface area (Å²) >= 11 is 0. The van der Waals surface area contributed by atoms with E-state index < -0.39 is 5.97 Å². The van der Waals surface area contributed by atoms with Crippen molar-refractivity contribution in [2.75, 3.05) is 7.11 Å². The largest absolute Gasteiger partial charge is 0.478 e. The van der Waals surface area contributed by atoms with E-state index in [1.54, 1.807) is 18.2 Å². The van der Waals surface area contributed by atoms with E-state index in [1.165, 1.54) is 7.11 Å². The van der Waals surface area contributed by atoms with E-state index in [4.69, 9.17) is 9.84 Å². The number of ether oxygens (including phenoxy) is 1. The summed E-state index contributed by atoms with van der Waals surface area (Å²) in [5.41, 5.74) is 4.17. The second-order valence-corrected chi connectivity index (χ2v) is 7.15. The average Bonchev–Trinajstić information content (AvgIpc) is 2.56. The predicted octanol–water partition coefficient (Wildman–Crippen LogP) is 4.29. The maximum atomic E-state index is 11.8. The molecule has 0 saturated carbocycles. The molecule has 4 heteroatoms. The number of methoxy groups -OCH3 is 1. The maximum absolute atomic E-state index is 11.8. The molecule has 0 atom stereocenters. The highest BCUT2D eigenvalue weighted by atomic mass is 16.5. The predicted molar refractivity (Wildman–Crippen MR) is 97.1 cm³/mol. The van der Waals surface area contributed by atoms with Crippen molar-refractivity contribution < 1.29 is 19.4 Å². The molecule has 25 heavy (non-hydrogen) atoms. The van der Waals surface area contributed by atoms with E-state index in [0.29, 0.717) is 11.1 Å². The lowest BCUT2D eigenvalue weighted by Gasteiger charge is -2.26. The van der Waals surface area contributed by atoms with Crippen LogP contribution in [0, 0.1) is 12.3 Å². The van der Waals surface area contributed by atoms with Crippen molar-refractivity contribution in [2.45, 2.75) is 33.6 Å². The van der Waals surface area contributed by atoms with E-state index in [0.717, 1.165) is 29.5 Å². The van der Waals surface area contributed by atoms with Crippen molar-refractivity contribution in [2.24, 2.45) is 5.41 Å². The number of carbonyl (C=O) groups is 2. The summed E-state index contributed by atoms with van der Waals surface area (Å²) in [5, 5.41) is 8.99. The summed E-state index contributed by atoms with van der Waals surface area (Å²) < 4.78 is 4.80. The van der Waals surface area contributed by atoms with Crippen LogP contribution in [0.25, 0.3) is 0 Å². The summed E-state index contributed by atoms with van der Waals surface area (Å²) in [6.45, 7) is 6.37. The summed E-state index contributed by atoms with van der Waals surface area (Å²) in [7, 11) is 1.38. The molecule has 0 heterocycles. The monoisotopic (exact) mass is 340 g/mol. The van der Waals surface area contributed by atoms with Crippen LogP contribution < -0.4 is 0 Å². The minimum atomic E-state index is -0.916. The zero-order valence-corrected chi connectivity index (χ0v) is 15.1. The first kappa shape index (κ1) is 18.7. The van der Waals surface area contributed by atoms with Crippen LogP contribution in [0.4, 0.5) is 0 Å². The molecule has 2 aromatic rings. The molecule has 0 aliphatic carbocycles. The second kappa shape index (κ2) is 7.51. The first-order valence-corrected chi connectivity index (χ1v) is 8.22. The van der Waals surface area contributed by atoms with Crippen molar-refractivity contribution in [3.05, 3.63) is 70.3 Å². The number of hydrogen-bond donors (Lipinski definition) is 1. The number of aryl methyl sites for hydroxylation is 1. The number of hydrogen-bond acceptors (Lipinski definition) is 3. The van der Waals surface area contributed by atoms with Crippen LogP contribution in [0.5, 0.6) is 0 Å². The number of carboxylic acids is 1. The van der Waals surface area contributed by atoms with Crippen LogP contribution in [0.15, 0.2) is 42.5 Å². The Balaban J connectivity index is 2.17. The van der Waals surface area contributed by atoms with E-state index in [9.17, 15) is 9.59 Å². The number of carboxylic acid groups (broad SMARTS) is 1. The van der Waals surface area contributed by atoms with Crippen LogP contribution in [0.2, 0.25) is 0 Å². The Kier molecular flexibility index (Phi) is 5.62. The highest BCUT2D eigenvalue weighted by Gasteiger charge is 2.21. The summed E-state index contributed by atoms with van der Waals surface area (Å²) in [5.74, 6) is -1.25. The van der Waals surface area contributed by atoms with Gasteiger partial charge in [-0.25, -0.2) is 9.59 Å². The third kappa shape index (κ3) is 4.92. The average molecular weight is 340 g/mol. The molecule has 0 spiro atoms. The van der Waals surface area contributed by atoms with Gasteiger partial charge in [0.15, 0.2) is 0 Å². The lowest BCUT2D eigenvalue weighted by Crippen LogP contribution is -2.19. The second-order valence-electron chi connectivity index (χ2n) is 7.15. The normalized spacial score (nSPS) is 11.2. The topological polar surface area (TPSA) is 63.6 Å². The summed E-state index contributed by atoms with van der Waals surface area (Å²) in [4.78, 5) is 22.7. The molecule has 2 rings (SSSR count). The molecule has 4 nitrogen and oxygen atoms in total. The number of benzene rings is 2. The Morgan fingerprint density at radius 1 is 1.00 bits per heavy atom. The molecule has 0 unspecified atom stereocenters. The molecule has 2 aromatic carbocycles. The van der Waals surface area contributed by atoms with Gasteiger partial charge in [0.05, 0.1) is 18.2 Å². The van der Waals surface area contributed by atoms with Gasteiger partial charge in [-0.3, -0.25) is 0 Å². The number of esters is 1. The van der Waals surface area contributed by atoms with Gasteiger partial charge in [-0.15, -0.1) is 0 Å². The fourth-order valence-electron chi connectivity index (χ4n) is 3.00. The van der Waals surface area contributed by atoms with Crippen LogP contribution in [0.1, 0.15) is 51.3 Å². The van der Waals surface area contributed by atoms with Crippen LogP contribution >= 0.6 is 0 Å². The highest BCUT2D eigenvalue weighted by molar-refractivity contribution is 5.89. The Morgan fingerprint density at radius 2 is 1.60 bits per heavy atom. The summed E-state index contributed by atoms with van der Waals surface area (Å²) in [6, 6.07) is 12.6. The van der Waals surface area contributed by atoms with E-state index >= 15 is 0 Å². The maximum Gasteiger partial charge on any atom is 0.337 e. The van der Waals surface area contributed by atoms with Crippen molar-refractivity contribution in [1.82, 2.24) is 0 Å². The van der Waals surface area contributed by atoms with E-state index in [2.05, 4.69) is 13.8 Å². The molecule has 0 fully saturated rings. The number of aromatic carboxylic acids is 1. The smallest absolute Gasteiger partial charge is 0.337 e. The third-order valence-corrected chi connectivity index (χ3v) is 4.32. The van der Waals surface area contributed by atoms with Crippen molar-refractivity contribution in [3.8, 4) is 0 Å². The van der Waals surface area contributed by atoms with Gasteiger partial charge in [-0.2, -0.15) is 0 Å². The van der Waals surface area contributed by atoms with Crippen molar-refractivity contribution >= 4 is 11.9 Å². The van der Waals surface area contributed by atoms with Gasteiger partial charge in [0.1, 0.15) is 0 Å². The lowest BCUT2D eigenvalue weighted by atomic mass is 9.79. The SMILES string of the molecule is COC(=O)c1ccc(C)c(CC(C)(C)Cc2ccc(C(=O)O)cc2)c1. The minimum Gasteiger partial charge on any atom is -0.478 e. The molecule has 0 amide bonds. The molecule has 0 saturated heterocycles. The van der Waals surface area contributed by atoms with Crippen LogP contribution in [-0.2, 0) is 17.6 Å². The van der Waals surface area contributed by atoms with Gasteiger partial charge >= 0.3 is 11.9 Å². The Morgan fingerprint density at radius 3 is 2.16 bits per heavy atom. The molecule has 132 valence electrons. The van der Waals surface area contributed by atoms with Gasteiger partial charge < -0.3 is 9.84 Å². The molecule has 0 aromatic heterocycles.